The molecule has 2 aromatic carbocycles. The minimum absolute atomic E-state index is 0.0343. The highest BCUT2D eigenvalue weighted by molar-refractivity contribution is 8.00. The van der Waals surface area contributed by atoms with Gasteiger partial charge in [-0.25, -0.2) is 8.78 Å². The molecule has 1 saturated heterocycles. The standard InChI is InChI=1S/C20H20F2N2O2S/c1-14(25)15-2-5-17(6-3-15)23-8-10-24(11-9-23)20(26)13-27-19-7-4-16(21)12-18(19)22/h2-7,12H,8-11,13H2,1H3. The number of amides is 1. The lowest BCUT2D eigenvalue weighted by Gasteiger charge is -2.36. The molecule has 7 heteroatoms. The molecule has 0 N–H and O–H groups in total. The minimum Gasteiger partial charge on any atom is -0.368 e. The van der Waals surface area contributed by atoms with E-state index in [1.54, 1.807) is 4.90 Å². The topological polar surface area (TPSA) is 40.6 Å². The van der Waals surface area contributed by atoms with Crippen LogP contribution in [0.3, 0.4) is 0 Å². The third kappa shape index (κ3) is 4.86. The van der Waals surface area contributed by atoms with Crippen molar-refractivity contribution in [1.29, 1.82) is 0 Å². The summed E-state index contributed by atoms with van der Waals surface area (Å²) in [6.45, 7) is 4.09. The number of thioether (sulfide) groups is 1. The molecule has 142 valence electrons. The average Bonchev–Trinajstić information content (AvgIpc) is 2.67. The normalized spacial score (nSPS) is 14.3. The summed E-state index contributed by atoms with van der Waals surface area (Å²) < 4.78 is 26.6. The first-order valence-electron chi connectivity index (χ1n) is 8.65. The first-order chi connectivity index (χ1) is 12.9. The first-order valence-corrected chi connectivity index (χ1v) is 9.64. The van der Waals surface area contributed by atoms with Gasteiger partial charge >= 0.3 is 0 Å². The number of ketones is 1. The predicted octanol–water partition coefficient (Wildman–Crippen LogP) is 3.61. The van der Waals surface area contributed by atoms with Crippen LogP contribution in [0, 0.1) is 11.6 Å². The lowest BCUT2D eigenvalue weighted by molar-refractivity contribution is -0.128. The fourth-order valence-electron chi connectivity index (χ4n) is 2.94. The zero-order valence-electron chi connectivity index (χ0n) is 15.0. The number of anilines is 1. The maximum absolute atomic E-state index is 13.6. The molecule has 4 nitrogen and oxygen atoms in total. The zero-order chi connectivity index (χ0) is 19.4. The number of benzene rings is 2. The molecule has 1 heterocycles. The molecular formula is C20H20F2N2O2S. The highest BCUT2D eigenvalue weighted by Gasteiger charge is 2.21. The van der Waals surface area contributed by atoms with Gasteiger partial charge in [-0.2, -0.15) is 0 Å². The number of hydrogen-bond donors (Lipinski definition) is 0. The molecule has 1 fully saturated rings. The molecule has 0 radical (unpaired) electrons. The molecule has 0 spiro atoms. The van der Waals surface area contributed by atoms with Crippen LogP contribution in [0.2, 0.25) is 0 Å². The minimum atomic E-state index is -0.647. The summed E-state index contributed by atoms with van der Waals surface area (Å²) in [6, 6.07) is 10.8. The molecule has 1 amide bonds. The Balaban J connectivity index is 1.51. The fourth-order valence-corrected chi connectivity index (χ4v) is 3.77. The Morgan fingerprint density at radius 1 is 1.00 bits per heavy atom. The van der Waals surface area contributed by atoms with E-state index in [0.717, 1.165) is 23.5 Å². The van der Waals surface area contributed by atoms with Crippen molar-refractivity contribution >= 4 is 29.1 Å². The number of piperazine rings is 1. The molecule has 3 rings (SSSR count). The second kappa shape index (κ2) is 8.52. The van der Waals surface area contributed by atoms with Crippen molar-refractivity contribution in [2.24, 2.45) is 0 Å². The van der Waals surface area contributed by atoms with Crippen molar-refractivity contribution in [3.05, 3.63) is 59.7 Å². The van der Waals surface area contributed by atoms with E-state index in [2.05, 4.69) is 4.90 Å². The summed E-state index contributed by atoms with van der Waals surface area (Å²) in [5.41, 5.74) is 1.70. The summed E-state index contributed by atoms with van der Waals surface area (Å²) in [6.07, 6.45) is 0. The number of rotatable bonds is 5. The van der Waals surface area contributed by atoms with E-state index in [9.17, 15) is 18.4 Å². The van der Waals surface area contributed by atoms with Gasteiger partial charge in [-0.1, -0.05) is 0 Å². The lowest BCUT2D eigenvalue weighted by Crippen LogP contribution is -2.49. The van der Waals surface area contributed by atoms with E-state index in [-0.39, 0.29) is 22.3 Å². The maximum atomic E-state index is 13.6. The largest absolute Gasteiger partial charge is 0.368 e. The number of Topliss-reactive ketones (excluding diaryl/α,β-unsaturated/α-hetero) is 1. The van der Waals surface area contributed by atoms with Crippen molar-refractivity contribution in [2.45, 2.75) is 11.8 Å². The predicted molar refractivity (Wildman–Crippen MR) is 102 cm³/mol. The number of carbonyl (C=O) groups excluding carboxylic acids is 2. The molecule has 1 aliphatic rings. The summed E-state index contributed by atoms with van der Waals surface area (Å²) in [4.78, 5) is 27.9. The van der Waals surface area contributed by atoms with Gasteiger partial charge in [0.05, 0.1) is 5.75 Å². The second-order valence-electron chi connectivity index (χ2n) is 6.33. The van der Waals surface area contributed by atoms with Crippen molar-refractivity contribution in [3.8, 4) is 0 Å². The number of carbonyl (C=O) groups is 2. The van der Waals surface area contributed by atoms with Gasteiger partial charge in [0.1, 0.15) is 11.6 Å². The summed E-state index contributed by atoms with van der Waals surface area (Å²) in [5.74, 6) is -1.18. The van der Waals surface area contributed by atoms with Crippen LogP contribution in [0.5, 0.6) is 0 Å². The fraction of sp³-hybridized carbons (Fsp3) is 0.300. The summed E-state index contributed by atoms with van der Waals surface area (Å²) >= 11 is 1.08. The Kier molecular flexibility index (Phi) is 6.11. The molecule has 0 bridgehead atoms. The first kappa shape index (κ1) is 19.4. The smallest absolute Gasteiger partial charge is 0.233 e. The Bertz CT molecular complexity index is 834. The molecule has 2 aromatic rings. The zero-order valence-corrected chi connectivity index (χ0v) is 15.8. The quantitative estimate of drug-likeness (QED) is 0.578. The van der Waals surface area contributed by atoms with E-state index in [1.807, 2.05) is 24.3 Å². The van der Waals surface area contributed by atoms with Crippen LogP contribution in [0.1, 0.15) is 17.3 Å². The van der Waals surface area contributed by atoms with E-state index in [4.69, 9.17) is 0 Å². The Morgan fingerprint density at radius 3 is 2.26 bits per heavy atom. The van der Waals surface area contributed by atoms with Gasteiger partial charge in [0.15, 0.2) is 5.78 Å². The van der Waals surface area contributed by atoms with Gasteiger partial charge in [-0.3, -0.25) is 9.59 Å². The van der Waals surface area contributed by atoms with E-state index in [1.165, 1.54) is 19.1 Å². The molecule has 0 saturated carbocycles. The maximum Gasteiger partial charge on any atom is 0.233 e. The van der Waals surface area contributed by atoms with Crippen LogP contribution in [-0.2, 0) is 4.79 Å². The lowest BCUT2D eigenvalue weighted by atomic mass is 10.1. The van der Waals surface area contributed by atoms with Gasteiger partial charge < -0.3 is 9.80 Å². The van der Waals surface area contributed by atoms with Crippen LogP contribution in [0.4, 0.5) is 14.5 Å². The molecule has 0 aliphatic carbocycles. The van der Waals surface area contributed by atoms with Gasteiger partial charge in [-0.05, 0) is 43.3 Å². The van der Waals surface area contributed by atoms with E-state index < -0.39 is 11.6 Å². The Hall–Kier alpha value is -2.41. The monoisotopic (exact) mass is 390 g/mol. The molecule has 0 unspecified atom stereocenters. The Morgan fingerprint density at radius 2 is 1.67 bits per heavy atom. The van der Waals surface area contributed by atoms with Crippen molar-refractivity contribution in [1.82, 2.24) is 4.90 Å². The van der Waals surface area contributed by atoms with Gasteiger partial charge in [0.25, 0.3) is 0 Å². The molecule has 0 aromatic heterocycles. The van der Waals surface area contributed by atoms with E-state index in [0.29, 0.717) is 31.7 Å². The second-order valence-corrected chi connectivity index (χ2v) is 7.35. The number of hydrogen-bond acceptors (Lipinski definition) is 4. The summed E-state index contributed by atoms with van der Waals surface area (Å²) in [7, 11) is 0. The third-order valence-corrected chi connectivity index (χ3v) is 5.55. The Labute approximate surface area is 161 Å². The van der Waals surface area contributed by atoms with Gasteiger partial charge in [0, 0.05) is 48.4 Å². The molecule has 0 atom stereocenters. The van der Waals surface area contributed by atoms with Crippen molar-refractivity contribution in [2.75, 3.05) is 36.8 Å². The van der Waals surface area contributed by atoms with Crippen molar-refractivity contribution < 1.29 is 18.4 Å². The molecule has 27 heavy (non-hydrogen) atoms. The van der Waals surface area contributed by atoms with Crippen molar-refractivity contribution in [3.63, 3.8) is 0 Å². The highest BCUT2D eigenvalue weighted by atomic mass is 32.2. The SMILES string of the molecule is CC(=O)c1ccc(N2CCN(C(=O)CSc3ccc(F)cc3F)CC2)cc1. The van der Waals surface area contributed by atoms with Gasteiger partial charge in [-0.15, -0.1) is 11.8 Å². The summed E-state index contributed by atoms with van der Waals surface area (Å²) in [5, 5.41) is 0. The van der Waals surface area contributed by atoms with Crippen LogP contribution >= 0.6 is 11.8 Å². The van der Waals surface area contributed by atoms with E-state index >= 15 is 0 Å². The highest BCUT2D eigenvalue weighted by Crippen LogP contribution is 2.23. The van der Waals surface area contributed by atoms with Crippen LogP contribution in [-0.4, -0.2) is 48.5 Å². The third-order valence-electron chi connectivity index (χ3n) is 4.52. The number of nitrogens with zero attached hydrogens (tertiary/aromatic N) is 2. The molecule has 1 aliphatic heterocycles. The van der Waals surface area contributed by atoms with Crippen LogP contribution in [0.15, 0.2) is 47.4 Å². The average molecular weight is 390 g/mol. The van der Waals surface area contributed by atoms with Crippen LogP contribution < -0.4 is 4.90 Å². The molecular weight excluding hydrogens is 370 g/mol. The van der Waals surface area contributed by atoms with Crippen LogP contribution in [0.25, 0.3) is 0 Å². The number of halogens is 2. The van der Waals surface area contributed by atoms with Gasteiger partial charge in [0.2, 0.25) is 5.91 Å².